The Morgan fingerprint density at radius 1 is 0.892 bits per heavy atom. The van der Waals surface area contributed by atoms with E-state index in [0.717, 1.165) is 50.0 Å². The van der Waals surface area contributed by atoms with Crippen molar-refractivity contribution < 1.29 is 14.3 Å². The first-order valence-corrected chi connectivity index (χ1v) is 14.0. The number of benzene rings is 2. The Kier molecular flexibility index (Phi) is 10.8. The molecule has 0 spiro atoms. The van der Waals surface area contributed by atoms with E-state index in [1.54, 1.807) is 0 Å². The molecule has 0 atom stereocenters. The number of hydrogen-bond acceptors (Lipinski definition) is 5. The molecule has 0 unspecified atom stereocenters. The second-order valence-corrected chi connectivity index (χ2v) is 10.1. The predicted octanol–water partition coefficient (Wildman–Crippen LogP) is 4.37. The zero-order chi connectivity index (χ0) is 25.7. The quantitative estimate of drug-likeness (QED) is 0.520. The zero-order valence-electron chi connectivity index (χ0n) is 22.1. The molecule has 1 saturated heterocycles. The van der Waals surface area contributed by atoms with Crippen LogP contribution < -0.4 is 20.3 Å². The summed E-state index contributed by atoms with van der Waals surface area (Å²) in [4.78, 5) is 30.6. The summed E-state index contributed by atoms with van der Waals surface area (Å²) in [6, 6.07) is 15.2. The molecule has 2 amide bonds. The Hall–Kier alpha value is -2.90. The molecule has 2 heterocycles. The second kappa shape index (κ2) is 14.7. The molecule has 2 aliphatic rings. The number of nitrogens with one attached hydrogen (secondary N) is 2. The maximum atomic E-state index is 13.4. The first-order chi connectivity index (χ1) is 18.2. The molecule has 7 nitrogen and oxygen atoms in total. The number of hydrogen-bond donors (Lipinski definition) is 2. The Morgan fingerprint density at radius 3 is 2.49 bits per heavy atom. The molecule has 4 rings (SSSR count). The molecule has 7 heteroatoms. The topological polar surface area (TPSA) is 73.9 Å². The molecule has 2 aromatic rings. The van der Waals surface area contributed by atoms with Crippen LogP contribution in [0, 0.1) is 0 Å². The lowest BCUT2D eigenvalue weighted by Crippen LogP contribution is -2.37. The van der Waals surface area contributed by atoms with E-state index < -0.39 is 0 Å². The molecule has 2 aliphatic heterocycles. The van der Waals surface area contributed by atoms with Crippen LogP contribution in [-0.2, 0) is 11.3 Å². The lowest BCUT2D eigenvalue weighted by Gasteiger charge is -2.26. The fourth-order valence-corrected chi connectivity index (χ4v) is 5.14. The highest BCUT2D eigenvalue weighted by molar-refractivity contribution is 5.98. The van der Waals surface area contributed by atoms with Crippen LogP contribution in [0.15, 0.2) is 48.5 Å². The molecule has 0 bridgehead atoms. The van der Waals surface area contributed by atoms with E-state index in [2.05, 4.69) is 15.5 Å². The van der Waals surface area contributed by atoms with Crippen LogP contribution in [0.4, 0.5) is 5.69 Å². The summed E-state index contributed by atoms with van der Waals surface area (Å²) in [5.74, 6) is 0.561. The van der Waals surface area contributed by atoms with Crippen molar-refractivity contribution in [3.8, 4) is 5.75 Å². The summed E-state index contributed by atoms with van der Waals surface area (Å²) in [5.41, 5.74) is 2.47. The Balaban J connectivity index is 1.44. The van der Waals surface area contributed by atoms with Crippen LogP contribution >= 0.6 is 0 Å². The number of amides is 2. The average Bonchev–Trinajstić information content (AvgIpc) is 3.44. The van der Waals surface area contributed by atoms with Crippen molar-refractivity contribution in [3.63, 3.8) is 0 Å². The fourth-order valence-electron chi connectivity index (χ4n) is 5.14. The van der Waals surface area contributed by atoms with Gasteiger partial charge in [0.05, 0.1) is 0 Å². The van der Waals surface area contributed by atoms with Crippen molar-refractivity contribution in [1.29, 1.82) is 0 Å². The molecule has 37 heavy (non-hydrogen) atoms. The highest BCUT2D eigenvalue weighted by atomic mass is 16.5. The van der Waals surface area contributed by atoms with E-state index in [0.29, 0.717) is 30.9 Å². The molecule has 1 fully saturated rings. The first-order valence-electron chi connectivity index (χ1n) is 14.0. The van der Waals surface area contributed by atoms with E-state index in [1.807, 2.05) is 53.4 Å². The van der Waals surface area contributed by atoms with Crippen molar-refractivity contribution in [3.05, 3.63) is 59.7 Å². The van der Waals surface area contributed by atoms with Crippen molar-refractivity contribution in [2.75, 3.05) is 50.8 Å². The lowest BCUT2D eigenvalue weighted by molar-refractivity contribution is -0.120. The SMILES string of the molecule is O=C(NCCCN1CCCC1)c1ccc2c(c1)CNCCCCCCCN2C(=O)COc1ccccc1. The highest BCUT2D eigenvalue weighted by Crippen LogP contribution is 2.25. The Labute approximate surface area is 221 Å². The molecule has 200 valence electrons. The number of anilines is 1. The van der Waals surface area contributed by atoms with Gasteiger partial charge in [-0.25, -0.2) is 0 Å². The summed E-state index contributed by atoms with van der Waals surface area (Å²) >= 11 is 0. The number of carbonyl (C=O) groups excluding carboxylic acids is 2. The molecule has 0 aliphatic carbocycles. The molecule has 0 radical (unpaired) electrons. The smallest absolute Gasteiger partial charge is 0.264 e. The van der Waals surface area contributed by atoms with Gasteiger partial charge in [-0.1, -0.05) is 37.5 Å². The van der Waals surface area contributed by atoms with Crippen molar-refractivity contribution in [2.45, 2.75) is 57.9 Å². The molecular weight excluding hydrogens is 464 g/mol. The van der Waals surface area contributed by atoms with E-state index in [-0.39, 0.29) is 18.4 Å². The van der Waals surface area contributed by atoms with Gasteiger partial charge < -0.3 is 25.2 Å². The molecule has 0 aromatic heterocycles. The molecular formula is C30H42N4O3. The number of rotatable bonds is 8. The van der Waals surface area contributed by atoms with Gasteiger partial charge in [-0.05, 0) is 94.2 Å². The summed E-state index contributed by atoms with van der Waals surface area (Å²) in [6.07, 6.45) is 9.07. The van der Waals surface area contributed by atoms with Crippen molar-refractivity contribution in [2.24, 2.45) is 0 Å². The van der Waals surface area contributed by atoms with Gasteiger partial charge in [0.1, 0.15) is 5.75 Å². The lowest BCUT2D eigenvalue weighted by atomic mass is 10.0. The Bertz CT molecular complexity index is 992. The zero-order valence-corrected chi connectivity index (χ0v) is 22.1. The summed E-state index contributed by atoms with van der Waals surface area (Å²) in [7, 11) is 0. The van der Waals surface area contributed by atoms with Gasteiger partial charge in [-0.2, -0.15) is 0 Å². The number of fused-ring (bicyclic) bond motifs is 1. The number of para-hydroxylation sites is 1. The normalized spacial score (nSPS) is 17.4. The van der Waals surface area contributed by atoms with E-state index in [1.165, 1.54) is 38.8 Å². The third kappa shape index (κ3) is 8.58. The van der Waals surface area contributed by atoms with Gasteiger partial charge in [0.25, 0.3) is 11.8 Å². The van der Waals surface area contributed by atoms with Crippen LogP contribution in [0.2, 0.25) is 0 Å². The first kappa shape index (κ1) is 27.1. The van der Waals surface area contributed by atoms with Gasteiger partial charge in [0.15, 0.2) is 6.61 Å². The van der Waals surface area contributed by atoms with Gasteiger partial charge in [0.2, 0.25) is 0 Å². The molecule has 0 saturated carbocycles. The molecule has 2 aromatic carbocycles. The summed E-state index contributed by atoms with van der Waals surface area (Å²) in [6.45, 7) is 6.24. The standard InChI is InChI=1S/C30H42N4O3/c35-29(24-37-27-12-5-4-6-13-27)34-21-8-3-1-2-7-16-31-23-26-22-25(14-15-28(26)34)30(36)32-17-11-20-33-18-9-10-19-33/h4-6,12-15,22,31H,1-3,7-11,16-21,23-24H2,(H,32,36). The minimum absolute atomic E-state index is 0.0177. The highest BCUT2D eigenvalue weighted by Gasteiger charge is 2.21. The van der Waals surface area contributed by atoms with Crippen LogP contribution in [0.3, 0.4) is 0 Å². The van der Waals surface area contributed by atoms with Crippen LogP contribution in [0.1, 0.15) is 67.3 Å². The van der Waals surface area contributed by atoms with Gasteiger partial charge >= 0.3 is 0 Å². The third-order valence-electron chi connectivity index (χ3n) is 7.23. The van der Waals surface area contributed by atoms with Crippen LogP contribution in [0.25, 0.3) is 0 Å². The van der Waals surface area contributed by atoms with Crippen molar-refractivity contribution >= 4 is 17.5 Å². The minimum atomic E-state index is -0.0683. The summed E-state index contributed by atoms with van der Waals surface area (Å²) in [5, 5.41) is 6.60. The minimum Gasteiger partial charge on any atom is -0.484 e. The molecule has 2 N–H and O–H groups in total. The van der Waals surface area contributed by atoms with E-state index in [9.17, 15) is 9.59 Å². The van der Waals surface area contributed by atoms with E-state index in [4.69, 9.17) is 4.74 Å². The van der Waals surface area contributed by atoms with Crippen LogP contribution in [-0.4, -0.2) is 62.6 Å². The monoisotopic (exact) mass is 506 g/mol. The van der Waals surface area contributed by atoms with Crippen molar-refractivity contribution in [1.82, 2.24) is 15.5 Å². The number of likely N-dealkylation sites (tertiary alicyclic amines) is 1. The number of nitrogens with zero attached hydrogens (tertiary/aromatic N) is 2. The van der Waals surface area contributed by atoms with Gasteiger partial charge in [-0.3, -0.25) is 9.59 Å². The van der Waals surface area contributed by atoms with E-state index >= 15 is 0 Å². The maximum absolute atomic E-state index is 13.4. The Morgan fingerprint density at radius 2 is 1.65 bits per heavy atom. The largest absolute Gasteiger partial charge is 0.484 e. The van der Waals surface area contributed by atoms with Crippen LogP contribution in [0.5, 0.6) is 5.75 Å². The van der Waals surface area contributed by atoms with Gasteiger partial charge in [-0.15, -0.1) is 0 Å². The third-order valence-corrected chi connectivity index (χ3v) is 7.23. The number of ether oxygens (including phenoxy) is 1. The van der Waals surface area contributed by atoms with Gasteiger partial charge in [0, 0.05) is 30.9 Å². The average molecular weight is 507 g/mol. The fraction of sp³-hybridized carbons (Fsp3) is 0.533. The second-order valence-electron chi connectivity index (χ2n) is 10.1. The predicted molar refractivity (Wildman–Crippen MR) is 148 cm³/mol. The maximum Gasteiger partial charge on any atom is 0.264 e. The number of carbonyl (C=O) groups is 2. The summed E-state index contributed by atoms with van der Waals surface area (Å²) < 4.78 is 5.79.